The predicted molar refractivity (Wildman–Crippen MR) is 58.0 cm³/mol. The van der Waals surface area contributed by atoms with Crippen LogP contribution >= 0.6 is 11.6 Å². The zero-order chi connectivity index (χ0) is 12.3. The molecule has 0 bridgehead atoms. The summed E-state index contributed by atoms with van der Waals surface area (Å²) in [6.07, 6.45) is 0. The minimum Gasteiger partial charge on any atom is -0.505 e. The molecule has 0 aliphatic rings. The Morgan fingerprint density at radius 3 is 2.56 bits per heavy atom. The first kappa shape index (κ1) is 12.5. The third-order valence-electron chi connectivity index (χ3n) is 1.60. The molecule has 0 unspecified atom stereocenters. The van der Waals surface area contributed by atoms with Gasteiger partial charge in [-0.05, 0) is 6.07 Å². The van der Waals surface area contributed by atoms with Crippen LogP contribution in [0.15, 0.2) is 18.2 Å². The van der Waals surface area contributed by atoms with E-state index in [2.05, 4.69) is 0 Å². The molecule has 0 aromatic heterocycles. The van der Waals surface area contributed by atoms with Crippen molar-refractivity contribution in [2.45, 2.75) is 0 Å². The number of non-ortho nitro benzene ring substituents is 1. The predicted octanol–water partition coefficient (Wildman–Crippen LogP) is 1.24. The Kier molecular flexibility index (Phi) is 3.55. The molecule has 0 aliphatic carbocycles. The number of halogens is 1. The minimum atomic E-state index is -3.74. The molecule has 0 amide bonds. The number of hydrogen-bond donors (Lipinski definition) is 2. The van der Waals surface area contributed by atoms with Crippen molar-refractivity contribution < 1.29 is 18.4 Å². The van der Waals surface area contributed by atoms with E-state index in [0.717, 1.165) is 18.2 Å². The molecule has 1 rings (SSSR count). The molecule has 0 heterocycles. The topological polar surface area (TPSA) is 110 Å². The number of nitrogens with one attached hydrogen (secondary N) is 1. The van der Waals surface area contributed by atoms with Crippen LogP contribution in [0.1, 0.15) is 0 Å². The molecular weight excluding hydrogens is 260 g/mol. The van der Waals surface area contributed by atoms with E-state index in [0.29, 0.717) is 0 Å². The molecule has 7 nitrogen and oxygen atoms in total. The number of hydrogen-bond acceptors (Lipinski definition) is 5. The lowest BCUT2D eigenvalue weighted by Gasteiger charge is -2.06. The summed E-state index contributed by atoms with van der Waals surface area (Å²) in [6.45, 7) is 0. The summed E-state index contributed by atoms with van der Waals surface area (Å²) in [7, 11) is -3.74. The highest BCUT2D eigenvalue weighted by molar-refractivity contribution is 7.93. The van der Waals surface area contributed by atoms with E-state index in [1.807, 2.05) is 4.72 Å². The van der Waals surface area contributed by atoms with Crippen LogP contribution in [0.4, 0.5) is 11.4 Å². The number of nitro groups is 1. The number of aromatic hydroxyl groups is 1. The van der Waals surface area contributed by atoms with E-state index >= 15 is 0 Å². The van der Waals surface area contributed by atoms with Gasteiger partial charge >= 0.3 is 0 Å². The van der Waals surface area contributed by atoms with Gasteiger partial charge in [0.2, 0.25) is 10.0 Å². The van der Waals surface area contributed by atoms with Crippen LogP contribution in [0.5, 0.6) is 5.75 Å². The first-order chi connectivity index (χ1) is 7.35. The second-order valence-electron chi connectivity index (χ2n) is 2.78. The molecule has 1 aromatic rings. The second kappa shape index (κ2) is 4.54. The fraction of sp³-hybridized carbons (Fsp3) is 0.143. The Balaban J connectivity index is 3.05. The summed E-state index contributed by atoms with van der Waals surface area (Å²) in [4.78, 5) is 9.63. The van der Waals surface area contributed by atoms with Gasteiger partial charge in [0.15, 0.2) is 0 Å². The molecule has 2 N–H and O–H groups in total. The number of benzene rings is 1. The van der Waals surface area contributed by atoms with Crippen LogP contribution < -0.4 is 4.72 Å². The van der Waals surface area contributed by atoms with Crippen LogP contribution in [0, 0.1) is 10.1 Å². The first-order valence-corrected chi connectivity index (χ1v) is 6.08. The summed E-state index contributed by atoms with van der Waals surface area (Å²) in [5, 5.41) is 19.0. The Hall–Kier alpha value is -1.54. The van der Waals surface area contributed by atoms with Crippen LogP contribution in [0.3, 0.4) is 0 Å². The van der Waals surface area contributed by atoms with Gasteiger partial charge in [0, 0.05) is 6.07 Å². The maximum atomic E-state index is 11.1. The van der Waals surface area contributed by atoms with Crippen LogP contribution in [-0.4, -0.2) is 23.7 Å². The Labute approximate surface area is 95.9 Å². The second-order valence-corrected chi connectivity index (χ2v) is 5.09. The molecule has 0 atom stereocenters. The van der Waals surface area contributed by atoms with Crippen molar-refractivity contribution in [1.82, 2.24) is 0 Å². The molecule has 88 valence electrons. The standard InChI is InChI=1S/C7H7ClN2O5S/c8-4-16(14,15)9-6-2-1-5(10(12)13)3-7(6)11/h1-3,9,11H,4H2. The number of alkyl halides is 1. The molecule has 9 heteroatoms. The number of nitrogens with zero attached hydrogens (tertiary/aromatic N) is 1. The number of rotatable bonds is 4. The van der Waals surface area contributed by atoms with E-state index in [4.69, 9.17) is 11.6 Å². The van der Waals surface area contributed by atoms with E-state index in [1.54, 1.807) is 0 Å². The third-order valence-corrected chi connectivity index (χ3v) is 3.28. The normalized spacial score (nSPS) is 11.1. The largest absolute Gasteiger partial charge is 0.505 e. The van der Waals surface area contributed by atoms with Crippen LogP contribution in [-0.2, 0) is 10.0 Å². The van der Waals surface area contributed by atoms with Gasteiger partial charge in [-0.25, -0.2) is 8.42 Å². The van der Waals surface area contributed by atoms with Gasteiger partial charge in [-0.3, -0.25) is 14.8 Å². The Morgan fingerprint density at radius 2 is 2.12 bits per heavy atom. The van der Waals surface area contributed by atoms with E-state index in [1.165, 1.54) is 0 Å². The maximum Gasteiger partial charge on any atom is 0.273 e. The Morgan fingerprint density at radius 1 is 1.50 bits per heavy atom. The van der Waals surface area contributed by atoms with Gasteiger partial charge in [-0.1, -0.05) is 0 Å². The van der Waals surface area contributed by atoms with Crippen LogP contribution in [0.2, 0.25) is 0 Å². The van der Waals surface area contributed by atoms with Crippen molar-refractivity contribution in [3.63, 3.8) is 0 Å². The molecule has 0 saturated heterocycles. The highest BCUT2D eigenvalue weighted by Crippen LogP contribution is 2.28. The van der Waals surface area contributed by atoms with Crippen molar-refractivity contribution in [1.29, 1.82) is 0 Å². The highest BCUT2D eigenvalue weighted by Gasteiger charge is 2.14. The van der Waals surface area contributed by atoms with Crippen molar-refractivity contribution in [2.24, 2.45) is 0 Å². The molecule has 16 heavy (non-hydrogen) atoms. The number of phenols is 1. The molecule has 0 fully saturated rings. The first-order valence-electron chi connectivity index (χ1n) is 3.89. The fourth-order valence-corrected chi connectivity index (χ4v) is 1.64. The monoisotopic (exact) mass is 266 g/mol. The summed E-state index contributed by atoms with van der Waals surface area (Å²) < 4.78 is 24.1. The number of sulfonamides is 1. The highest BCUT2D eigenvalue weighted by atomic mass is 35.5. The molecule has 0 aliphatic heterocycles. The molecule has 0 spiro atoms. The maximum absolute atomic E-state index is 11.1. The van der Waals surface area contributed by atoms with Gasteiger partial charge in [-0.15, -0.1) is 11.6 Å². The lowest BCUT2D eigenvalue weighted by molar-refractivity contribution is -0.384. The van der Waals surface area contributed by atoms with Gasteiger partial charge in [0.25, 0.3) is 5.69 Å². The zero-order valence-corrected chi connectivity index (χ0v) is 9.33. The quantitative estimate of drug-likeness (QED) is 0.369. The van der Waals surface area contributed by atoms with Crippen molar-refractivity contribution >= 4 is 33.0 Å². The van der Waals surface area contributed by atoms with Crippen molar-refractivity contribution in [3.8, 4) is 5.75 Å². The number of anilines is 1. The number of phenolic OH excluding ortho intramolecular Hbond substituents is 1. The van der Waals surface area contributed by atoms with Crippen molar-refractivity contribution in [3.05, 3.63) is 28.3 Å². The molecule has 0 radical (unpaired) electrons. The smallest absolute Gasteiger partial charge is 0.273 e. The average molecular weight is 267 g/mol. The van der Waals surface area contributed by atoms with Gasteiger partial charge in [-0.2, -0.15) is 0 Å². The SMILES string of the molecule is O=[N+]([O-])c1ccc(NS(=O)(=O)CCl)c(O)c1. The Bertz CT molecular complexity index is 516. The van der Waals surface area contributed by atoms with Gasteiger partial charge < -0.3 is 5.11 Å². The van der Waals surface area contributed by atoms with E-state index in [9.17, 15) is 23.6 Å². The summed E-state index contributed by atoms with van der Waals surface area (Å²) in [5.74, 6) is -0.539. The van der Waals surface area contributed by atoms with Crippen LogP contribution in [0.25, 0.3) is 0 Å². The van der Waals surface area contributed by atoms with Crippen molar-refractivity contribution in [2.75, 3.05) is 9.93 Å². The summed E-state index contributed by atoms with van der Waals surface area (Å²) >= 11 is 5.14. The minimum absolute atomic E-state index is 0.161. The third kappa shape index (κ3) is 2.97. The summed E-state index contributed by atoms with van der Waals surface area (Å²) in [6, 6.07) is 2.98. The van der Waals surface area contributed by atoms with E-state index < -0.39 is 25.9 Å². The lowest BCUT2D eigenvalue weighted by Crippen LogP contribution is -2.13. The number of nitro benzene ring substituents is 1. The van der Waals surface area contributed by atoms with Gasteiger partial charge in [0.1, 0.15) is 11.0 Å². The molecular formula is C7H7ClN2O5S. The fourth-order valence-electron chi connectivity index (χ4n) is 0.915. The van der Waals surface area contributed by atoms with Gasteiger partial charge in [0.05, 0.1) is 16.7 Å². The van der Waals surface area contributed by atoms with E-state index in [-0.39, 0.29) is 11.4 Å². The lowest BCUT2D eigenvalue weighted by atomic mass is 10.3. The molecule has 1 aromatic carbocycles. The molecule has 0 saturated carbocycles. The zero-order valence-electron chi connectivity index (χ0n) is 7.75. The average Bonchev–Trinajstić information content (AvgIpc) is 2.20. The summed E-state index contributed by atoms with van der Waals surface area (Å²) in [5.41, 5.74) is -0.502.